The summed E-state index contributed by atoms with van der Waals surface area (Å²) < 4.78 is 31.3. The lowest BCUT2D eigenvalue weighted by atomic mass is 10.0. The molecule has 32 heavy (non-hydrogen) atoms. The lowest BCUT2D eigenvalue weighted by Crippen LogP contribution is -2.43. The van der Waals surface area contributed by atoms with Crippen molar-refractivity contribution in [2.45, 2.75) is 32.4 Å². The normalized spacial score (nSPS) is 20.1. The van der Waals surface area contributed by atoms with Crippen molar-refractivity contribution < 1.29 is 17.9 Å². The number of fused-ring (bicyclic) bond motifs is 1. The standard InChI is InChI=1S/C24H31N3O4S/c1-17-4-6-19(7-5-17)22(16-26-10-12-31-13-11-26)25-24(28)20-8-9-23-21(15-20)14-18(2)27(23)32(3,29)30/h4-9,15,18,22H,10-14,16H2,1-3H3,(H,25,28). The molecule has 2 aromatic carbocycles. The lowest BCUT2D eigenvalue weighted by molar-refractivity contribution is 0.0332. The molecule has 0 bridgehead atoms. The summed E-state index contributed by atoms with van der Waals surface area (Å²) in [5, 5.41) is 3.21. The van der Waals surface area contributed by atoms with E-state index in [1.54, 1.807) is 12.1 Å². The number of benzene rings is 2. The van der Waals surface area contributed by atoms with Crippen LogP contribution in [0.4, 0.5) is 5.69 Å². The van der Waals surface area contributed by atoms with Crippen LogP contribution in [-0.4, -0.2) is 64.4 Å². The molecule has 0 radical (unpaired) electrons. The van der Waals surface area contributed by atoms with Gasteiger partial charge < -0.3 is 10.1 Å². The molecule has 0 aliphatic carbocycles. The highest BCUT2D eigenvalue weighted by atomic mass is 32.2. The van der Waals surface area contributed by atoms with Crippen LogP contribution >= 0.6 is 0 Å². The lowest BCUT2D eigenvalue weighted by Gasteiger charge is -2.31. The molecule has 172 valence electrons. The van der Waals surface area contributed by atoms with E-state index in [0.717, 1.165) is 24.2 Å². The Morgan fingerprint density at radius 1 is 1.16 bits per heavy atom. The number of carbonyl (C=O) groups excluding carboxylic acids is 1. The fourth-order valence-electron chi connectivity index (χ4n) is 4.57. The minimum absolute atomic E-state index is 0.152. The number of anilines is 1. The molecule has 2 unspecified atom stereocenters. The van der Waals surface area contributed by atoms with Gasteiger partial charge in [-0.3, -0.25) is 14.0 Å². The number of nitrogens with zero attached hydrogens (tertiary/aromatic N) is 2. The van der Waals surface area contributed by atoms with Crippen LogP contribution in [0.2, 0.25) is 0 Å². The molecule has 4 rings (SSSR count). The summed E-state index contributed by atoms with van der Waals surface area (Å²) >= 11 is 0. The monoisotopic (exact) mass is 457 g/mol. The van der Waals surface area contributed by atoms with E-state index in [1.807, 2.05) is 19.9 Å². The van der Waals surface area contributed by atoms with E-state index in [0.29, 0.717) is 37.4 Å². The minimum Gasteiger partial charge on any atom is -0.379 e. The van der Waals surface area contributed by atoms with E-state index >= 15 is 0 Å². The number of hydrogen-bond acceptors (Lipinski definition) is 5. The maximum atomic E-state index is 13.2. The summed E-state index contributed by atoms with van der Waals surface area (Å²) in [7, 11) is -3.36. The van der Waals surface area contributed by atoms with Crippen molar-refractivity contribution in [3.05, 3.63) is 64.7 Å². The zero-order valence-corrected chi connectivity index (χ0v) is 19.7. The summed E-state index contributed by atoms with van der Waals surface area (Å²) in [6.45, 7) is 7.73. The number of amides is 1. The molecule has 1 fully saturated rings. The molecular formula is C24H31N3O4S. The second kappa shape index (κ2) is 9.21. The summed E-state index contributed by atoms with van der Waals surface area (Å²) in [5.74, 6) is -0.155. The van der Waals surface area contributed by atoms with Crippen molar-refractivity contribution >= 4 is 21.6 Å². The van der Waals surface area contributed by atoms with Gasteiger partial charge in [0.05, 0.1) is 31.2 Å². The molecule has 7 nitrogen and oxygen atoms in total. The van der Waals surface area contributed by atoms with Gasteiger partial charge in [-0.2, -0.15) is 0 Å². The molecule has 0 saturated carbocycles. The Morgan fingerprint density at radius 3 is 2.50 bits per heavy atom. The van der Waals surface area contributed by atoms with Crippen molar-refractivity contribution in [2.24, 2.45) is 0 Å². The second-order valence-electron chi connectivity index (χ2n) is 8.81. The average molecular weight is 458 g/mol. The first kappa shape index (κ1) is 22.8. The van der Waals surface area contributed by atoms with Gasteiger partial charge in [-0.1, -0.05) is 29.8 Å². The van der Waals surface area contributed by atoms with Crippen molar-refractivity contribution in [3.8, 4) is 0 Å². The third-order valence-corrected chi connectivity index (χ3v) is 7.45. The highest BCUT2D eigenvalue weighted by Crippen LogP contribution is 2.34. The Labute approximate surface area is 190 Å². The van der Waals surface area contributed by atoms with Gasteiger partial charge >= 0.3 is 0 Å². The molecule has 2 heterocycles. The second-order valence-corrected chi connectivity index (χ2v) is 10.7. The first-order valence-electron chi connectivity index (χ1n) is 11.0. The first-order valence-corrected chi connectivity index (χ1v) is 12.9. The van der Waals surface area contributed by atoms with Gasteiger partial charge in [-0.15, -0.1) is 0 Å². The van der Waals surface area contributed by atoms with Gasteiger partial charge in [0.15, 0.2) is 0 Å². The molecule has 2 atom stereocenters. The Bertz CT molecular complexity index is 1080. The molecule has 0 spiro atoms. The van der Waals surface area contributed by atoms with Crippen LogP contribution in [0.5, 0.6) is 0 Å². The van der Waals surface area contributed by atoms with Gasteiger partial charge in [0.1, 0.15) is 0 Å². The molecule has 1 amide bonds. The van der Waals surface area contributed by atoms with E-state index in [-0.39, 0.29) is 18.0 Å². The summed E-state index contributed by atoms with van der Waals surface area (Å²) in [5.41, 5.74) is 4.34. The zero-order chi connectivity index (χ0) is 22.9. The van der Waals surface area contributed by atoms with Crippen LogP contribution < -0.4 is 9.62 Å². The summed E-state index contributed by atoms with van der Waals surface area (Å²) in [6, 6.07) is 13.2. The van der Waals surface area contributed by atoms with E-state index in [4.69, 9.17) is 4.74 Å². The van der Waals surface area contributed by atoms with E-state index < -0.39 is 10.0 Å². The smallest absolute Gasteiger partial charge is 0.251 e. The fourth-order valence-corrected chi connectivity index (χ4v) is 5.83. The van der Waals surface area contributed by atoms with Gasteiger partial charge in [0, 0.05) is 31.2 Å². The highest BCUT2D eigenvalue weighted by molar-refractivity contribution is 7.92. The van der Waals surface area contributed by atoms with Crippen LogP contribution in [0.25, 0.3) is 0 Å². The van der Waals surface area contributed by atoms with Crippen LogP contribution in [-0.2, 0) is 21.2 Å². The van der Waals surface area contributed by atoms with Crippen molar-refractivity contribution in [1.82, 2.24) is 10.2 Å². The van der Waals surface area contributed by atoms with Crippen LogP contribution in [0.3, 0.4) is 0 Å². The van der Waals surface area contributed by atoms with Gasteiger partial charge in [-0.05, 0) is 49.6 Å². The third-order valence-electron chi connectivity index (χ3n) is 6.18. The fraction of sp³-hybridized carbons (Fsp3) is 0.458. The topological polar surface area (TPSA) is 79.0 Å². The van der Waals surface area contributed by atoms with Crippen LogP contribution in [0.1, 0.15) is 40.0 Å². The predicted octanol–water partition coefficient (Wildman–Crippen LogP) is 2.51. The Morgan fingerprint density at radius 2 is 1.84 bits per heavy atom. The number of hydrogen-bond donors (Lipinski definition) is 1. The third kappa shape index (κ3) is 4.98. The molecule has 2 aliphatic heterocycles. The van der Waals surface area contributed by atoms with Gasteiger partial charge in [-0.25, -0.2) is 8.42 Å². The molecule has 0 aromatic heterocycles. The van der Waals surface area contributed by atoms with Crippen molar-refractivity contribution in [1.29, 1.82) is 0 Å². The van der Waals surface area contributed by atoms with Gasteiger partial charge in [0.2, 0.25) is 10.0 Å². The minimum atomic E-state index is -3.36. The van der Waals surface area contributed by atoms with Gasteiger partial charge in [0.25, 0.3) is 5.91 Å². The zero-order valence-electron chi connectivity index (χ0n) is 18.9. The number of sulfonamides is 1. The number of carbonyl (C=O) groups is 1. The largest absolute Gasteiger partial charge is 0.379 e. The van der Waals surface area contributed by atoms with E-state index in [9.17, 15) is 13.2 Å². The van der Waals surface area contributed by atoms with E-state index in [2.05, 4.69) is 34.5 Å². The number of aryl methyl sites for hydroxylation is 1. The quantitative estimate of drug-likeness (QED) is 0.721. The summed E-state index contributed by atoms with van der Waals surface area (Å²) in [6.07, 6.45) is 1.82. The maximum absolute atomic E-state index is 13.2. The highest BCUT2D eigenvalue weighted by Gasteiger charge is 2.33. The van der Waals surface area contributed by atoms with Crippen molar-refractivity contribution in [2.75, 3.05) is 43.4 Å². The Kier molecular flexibility index (Phi) is 6.55. The maximum Gasteiger partial charge on any atom is 0.251 e. The molecule has 1 N–H and O–H groups in total. The van der Waals surface area contributed by atoms with Crippen LogP contribution in [0.15, 0.2) is 42.5 Å². The molecular weight excluding hydrogens is 426 g/mol. The predicted molar refractivity (Wildman–Crippen MR) is 126 cm³/mol. The summed E-state index contributed by atoms with van der Waals surface area (Å²) in [4.78, 5) is 15.5. The molecule has 1 saturated heterocycles. The number of nitrogens with one attached hydrogen (secondary N) is 1. The Hall–Kier alpha value is -2.42. The van der Waals surface area contributed by atoms with Crippen LogP contribution in [0, 0.1) is 6.92 Å². The molecule has 8 heteroatoms. The number of ether oxygens (including phenoxy) is 1. The Balaban J connectivity index is 1.55. The molecule has 2 aromatic rings. The number of rotatable bonds is 6. The SMILES string of the molecule is Cc1ccc(C(CN2CCOCC2)NC(=O)c2ccc3c(c2)CC(C)N3S(C)(=O)=O)cc1. The average Bonchev–Trinajstić information content (AvgIpc) is 3.09. The first-order chi connectivity index (χ1) is 15.2. The molecule has 2 aliphatic rings. The van der Waals surface area contributed by atoms with Crippen molar-refractivity contribution in [3.63, 3.8) is 0 Å². The van der Waals surface area contributed by atoms with E-state index in [1.165, 1.54) is 16.1 Å². The number of morpholine rings is 1.